The van der Waals surface area contributed by atoms with Crippen LogP contribution >= 0.6 is 0 Å². The third-order valence-electron chi connectivity index (χ3n) is 3.17. The molecule has 0 spiro atoms. The first-order valence-corrected chi connectivity index (χ1v) is 5.28. The number of hydrogen-bond acceptors (Lipinski definition) is 1. The molecule has 1 saturated carbocycles. The van der Waals surface area contributed by atoms with Crippen molar-refractivity contribution in [1.29, 1.82) is 0 Å². The van der Waals surface area contributed by atoms with Crippen LogP contribution in [0.3, 0.4) is 0 Å². The highest BCUT2D eigenvalue weighted by Crippen LogP contribution is 2.35. The van der Waals surface area contributed by atoms with E-state index in [0.29, 0.717) is 5.92 Å². The van der Waals surface area contributed by atoms with Gasteiger partial charge >= 0.3 is 0 Å². The van der Waals surface area contributed by atoms with Gasteiger partial charge in [0.1, 0.15) is 5.82 Å². The molecular formula is C12H14N2. The van der Waals surface area contributed by atoms with E-state index in [1.807, 2.05) is 6.20 Å². The molecule has 0 aliphatic heterocycles. The highest BCUT2D eigenvalue weighted by molar-refractivity contribution is 5.47. The van der Waals surface area contributed by atoms with Crippen LogP contribution in [-0.4, -0.2) is 9.38 Å². The molecule has 72 valence electrons. The minimum absolute atomic E-state index is 0.708. The smallest absolute Gasteiger partial charge is 0.116 e. The van der Waals surface area contributed by atoms with Gasteiger partial charge in [0.15, 0.2) is 0 Å². The van der Waals surface area contributed by atoms with Crippen LogP contribution in [0.25, 0.3) is 5.52 Å². The largest absolute Gasteiger partial charge is 0.303 e. The number of nitrogens with zero attached hydrogens (tertiary/aromatic N) is 2. The van der Waals surface area contributed by atoms with Crippen molar-refractivity contribution in [2.45, 2.75) is 32.1 Å². The van der Waals surface area contributed by atoms with Crippen LogP contribution in [0, 0.1) is 6.92 Å². The second-order valence-corrected chi connectivity index (χ2v) is 4.25. The molecule has 0 bridgehead atoms. The maximum atomic E-state index is 4.52. The fourth-order valence-corrected chi connectivity index (χ4v) is 2.08. The van der Waals surface area contributed by atoms with Gasteiger partial charge in [0.05, 0.1) is 11.7 Å². The summed E-state index contributed by atoms with van der Waals surface area (Å²) in [5, 5.41) is 0. The van der Waals surface area contributed by atoms with Crippen molar-refractivity contribution in [3.8, 4) is 0 Å². The van der Waals surface area contributed by atoms with Gasteiger partial charge in [-0.25, -0.2) is 4.98 Å². The van der Waals surface area contributed by atoms with Gasteiger partial charge in [0.25, 0.3) is 0 Å². The molecule has 2 heterocycles. The highest BCUT2D eigenvalue weighted by Gasteiger charge is 2.23. The quantitative estimate of drug-likeness (QED) is 0.669. The number of aryl methyl sites for hydroxylation is 1. The summed E-state index contributed by atoms with van der Waals surface area (Å²) in [6.07, 6.45) is 8.16. The van der Waals surface area contributed by atoms with Crippen LogP contribution in [0.4, 0.5) is 0 Å². The molecule has 2 aromatic rings. The van der Waals surface area contributed by atoms with Gasteiger partial charge in [-0.1, -0.05) is 12.5 Å². The van der Waals surface area contributed by atoms with E-state index in [4.69, 9.17) is 0 Å². The molecule has 0 aromatic carbocycles. The molecule has 14 heavy (non-hydrogen) atoms. The van der Waals surface area contributed by atoms with Crippen LogP contribution < -0.4 is 0 Å². The Kier molecular flexibility index (Phi) is 1.63. The van der Waals surface area contributed by atoms with E-state index >= 15 is 0 Å². The molecule has 0 N–H and O–H groups in total. The SMILES string of the molecule is Cc1ccc2cnc(C3CCC3)n2c1. The van der Waals surface area contributed by atoms with E-state index in [1.54, 1.807) is 0 Å². The maximum Gasteiger partial charge on any atom is 0.116 e. The van der Waals surface area contributed by atoms with Gasteiger partial charge in [-0.15, -0.1) is 0 Å². The van der Waals surface area contributed by atoms with Gasteiger partial charge in [-0.05, 0) is 31.4 Å². The molecule has 1 aliphatic carbocycles. The van der Waals surface area contributed by atoms with E-state index in [-0.39, 0.29) is 0 Å². The predicted molar refractivity (Wildman–Crippen MR) is 56.5 cm³/mol. The Hall–Kier alpha value is -1.31. The number of pyridine rings is 1. The first-order chi connectivity index (χ1) is 6.84. The summed E-state index contributed by atoms with van der Waals surface area (Å²) >= 11 is 0. The standard InChI is InChI=1S/C12H14N2/c1-9-5-6-11-7-13-12(14(11)8-9)10-3-2-4-10/h5-8,10H,2-4H2,1H3. The molecule has 1 aliphatic rings. The fraction of sp³-hybridized carbons (Fsp3) is 0.417. The van der Waals surface area contributed by atoms with Crippen molar-refractivity contribution in [3.63, 3.8) is 0 Å². The molecule has 3 rings (SSSR count). The van der Waals surface area contributed by atoms with E-state index in [2.05, 4.69) is 34.6 Å². The van der Waals surface area contributed by atoms with Gasteiger partial charge in [0, 0.05) is 12.1 Å². The monoisotopic (exact) mass is 186 g/mol. The summed E-state index contributed by atoms with van der Waals surface area (Å²) in [6, 6.07) is 4.28. The number of aromatic nitrogens is 2. The van der Waals surface area contributed by atoms with E-state index in [0.717, 1.165) is 0 Å². The Bertz CT molecular complexity index is 466. The molecular weight excluding hydrogens is 172 g/mol. The average Bonchev–Trinajstić information content (AvgIpc) is 2.46. The summed E-state index contributed by atoms with van der Waals surface area (Å²) in [6.45, 7) is 2.13. The fourth-order valence-electron chi connectivity index (χ4n) is 2.08. The maximum absolute atomic E-state index is 4.52. The van der Waals surface area contributed by atoms with E-state index < -0.39 is 0 Å². The van der Waals surface area contributed by atoms with E-state index in [9.17, 15) is 0 Å². The number of rotatable bonds is 1. The Balaban J connectivity index is 2.18. The van der Waals surface area contributed by atoms with Crippen LogP contribution in [-0.2, 0) is 0 Å². The van der Waals surface area contributed by atoms with Crippen molar-refractivity contribution in [3.05, 3.63) is 35.9 Å². The van der Waals surface area contributed by atoms with Crippen molar-refractivity contribution in [2.75, 3.05) is 0 Å². The summed E-state index contributed by atoms with van der Waals surface area (Å²) in [5.41, 5.74) is 2.52. The second kappa shape index (κ2) is 2.84. The summed E-state index contributed by atoms with van der Waals surface area (Å²) in [5.74, 6) is 1.97. The first-order valence-electron chi connectivity index (χ1n) is 5.28. The third-order valence-corrected chi connectivity index (χ3v) is 3.17. The average molecular weight is 186 g/mol. The number of fused-ring (bicyclic) bond motifs is 1. The molecule has 2 aromatic heterocycles. The Morgan fingerprint density at radius 3 is 2.93 bits per heavy atom. The lowest BCUT2D eigenvalue weighted by molar-refractivity contribution is 0.400. The van der Waals surface area contributed by atoms with Crippen molar-refractivity contribution < 1.29 is 0 Å². The van der Waals surface area contributed by atoms with Crippen molar-refractivity contribution >= 4 is 5.52 Å². The first kappa shape index (κ1) is 8.04. The lowest BCUT2D eigenvalue weighted by Gasteiger charge is -2.24. The number of hydrogen-bond donors (Lipinski definition) is 0. The Morgan fingerprint density at radius 2 is 2.21 bits per heavy atom. The zero-order valence-corrected chi connectivity index (χ0v) is 8.40. The molecule has 0 atom stereocenters. The lowest BCUT2D eigenvalue weighted by atomic mass is 9.85. The van der Waals surface area contributed by atoms with Crippen LogP contribution in [0.2, 0.25) is 0 Å². The predicted octanol–water partition coefficient (Wildman–Crippen LogP) is 2.91. The Morgan fingerprint density at radius 1 is 1.36 bits per heavy atom. The minimum Gasteiger partial charge on any atom is -0.303 e. The zero-order valence-electron chi connectivity index (χ0n) is 8.40. The highest BCUT2D eigenvalue weighted by atomic mass is 15.0. The normalized spacial score (nSPS) is 17.2. The molecule has 0 unspecified atom stereocenters. The third kappa shape index (κ3) is 1.07. The van der Waals surface area contributed by atoms with Crippen molar-refractivity contribution in [2.24, 2.45) is 0 Å². The molecule has 1 fully saturated rings. The molecule has 2 heteroatoms. The summed E-state index contributed by atoms with van der Waals surface area (Å²) in [4.78, 5) is 4.52. The lowest BCUT2D eigenvalue weighted by Crippen LogP contribution is -2.12. The summed E-state index contributed by atoms with van der Waals surface area (Å²) < 4.78 is 2.25. The zero-order chi connectivity index (χ0) is 9.54. The topological polar surface area (TPSA) is 17.3 Å². The van der Waals surface area contributed by atoms with Gasteiger partial charge in [-0.3, -0.25) is 0 Å². The summed E-state index contributed by atoms with van der Waals surface area (Å²) in [7, 11) is 0. The van der Waals surface area contributed by atoms with Gasteiger partial charge in [0.2, 0.25) is 0 Å². The Labute approximate surface area is 83.6 Å². The van der Waals surface area contributed by atoms with Crippen molar-refractivity contribution in [1.82, 2.24) is 9.38 Å². The molecule has 0 radical (unpaired) electrons. The van der Waals surface area contributed by atoms with Crippen LogP contribution in [0.5, 0.6) is 0 Å². The van der Waals surface area contributed by atoms with Crippen LogP contribution in [0.15, 0.2) is 24.5 Å². The van der Waals surface area contributed by atoms with Gasteiger partial charge < -0.3 is 4.40 Å². The minimum atomic E-state index is 0.708. The molecule has 0 saturated heterocycles. The second-order valence-electron chi connectivity index (χ2n) is 4.25. The molecule has 0 amide bonds. The van der Waals surface area contributed by atoms with Crippen LogP contribution in [0.1, 0.15) is 36.6 Å². The van der Waals surface area contributed by atoms with E-state index in [1.165, 1.54) is 36.2 Å². The molecule has 2 nitrogen and oxygen atoms in total. The van der Waals surface area contributed by atoms with Gasteiger partial charge in [-0.2, -0.15) is 0 Å². The number of imidazole rings is 1.